The minimum atomic E-state index is -3.16. The van der Waals surface area contributed by atoms with Crippen LogP contribution in [0.5, 0.6) is 0 Å². The fraction of sp³-hybridized carbons (Fsp3) is 0.727. The van der Waals surface area contributed by atoms with E-state index in [1.807, 2.05) is 5.38 Å². The number of thiazole rings is 1. The van der Waals surface area contributed by atoms with Crippen LogP contribution in [0.25, 0.3) is 0 Å². The van der Waals surface area contributed by atoms with Gasteiger partial charge < -0.3 is 5.32 Å². The summed E-state index contributed by atoms with van der Waals surface area (Å²) < 4.78 is 25.9. The second-order valence-electron chi connectivity index (χ2n) is 4.08. The average Bonchev–Trinajstić information content (AvgIpc) is 2.84. The van der Waals surface area contributed by atoms with E-state index in [1.165, 1.54) is 11.3 Å². The molecule has 0 spiro atoms. The van der Waals surface area contributed by atoms with Gasteiger partial charge in [0.05, 0.1) is 23.5 Å². The molecule has 1 aromatic heterocycles. The van der Waals surface area contributed by atoms with Crippen molar-refractivity contribution >= 4 is 21.4 Å². The topological polar surface area (TPSA) is 71.1 Å². The van der Waals surface area contributed by atoms with Gasteiger partial charge in [-0.15, -0.1) is 11.3 Å². The summed E-state index contributed by atoms with van der Waals surface area (Å²) in [5, 5.41) is 5.10. The molecule has 1 rings (SSSR count). The molecule has 0 unspecified atom stereocenters. The van der Waals surface area contributed by atoms with Crippen LogP contribution in [0, 0.1) is 0 Å². The number of rotatable bonds is 10. The van der Waals surface area contributed by atoms with Crippen molar-refractivity contribution in [2.24, 2.45) is 0 Å². The second-order valence-corrected chi connectivity index (χ2v) is 6.72. The summed E-state index contributed by atoms with van der Waals surface area (Å²) in [4.78, 5) is 4.03. The first kappa shape index (κ1) is 15.6. The highest BCUT2D eigenvalue weighted by Gasteiger charge is 2.09. The Kier molecular flexibility index (Phi) is 7.41. The first-order chi connectivity index (χ1) is 8.64. The summed E-state index contributed by atoms with van der Waals surface area (Å²) in [6.45, 7) is 4.28. The second kappa shape index (κ2) is 8.58. The molecule has 0 fully saturated rings. The van der Waals surface area contributed by atoms with Crippen molar-refractivity contribution in [1.82, 2.24) is 15.0 Å². The molecule has 7 heteroatoms. The highest BCUT2D eigenvalue weighted by atomic mass is 32.2. The largest absolute Gasteiger partial charge is 0.317 e. The molecule has 0 saturated heterocycles. The highest BCUT2D eigenvalue weighted by molar-refractivity contribution is 7.89. The molecule has 0 aliphatic heterocycles. The number of unbranched alkanes of at least 4 members (excludes halogenated alkanes) is 1. The van der Waals surface area contributed by atoms with Crippen molar-refractivity contribution in [2.75, 3.05) is 18.8 Å². The Morgan fingerprint density at radius 2 is 2.17 bits per heavy atom. The Labute approximate surface area is 113 Å². The van der Waals surface area contributed by atoms with Gasteiger partial charge in [-0.3, -0.25) is 0 Å². The number of sulfonamides is 1. The molecule has 0 aromatic carbocycles. The van der Waals surface area contributed by atoms with Gasteiger partial charge in [0.1, 0.15) is 0 Å². The van der Waals surface area contributed by atoms with E-state index >= 15 is 0 Å². The lowest BCUT2D eigenvalue weighted by atomic mass is 10.3. The Morgan fingerprint density at radius 3 is 2.83 bits per heavy atom. The van der Waals surface area contributed by atoms with Gasteiger partial charge in [-0.1, -0.05) is 6.92 Å². The molecule has 0 radical (unpaired) electrons. The van der Waals surface area contributed by atoms with Crippen LogP contribution in [-0.2, 0) is 16.6 Å². The van der Waals surface area contributed by atoms with Crippen LogP contribution in [0.2, 0.25) is 0 Å². The van der Waals surface area contributed by atoms with E-state index in [4.69, 9.17) is 0 Å². The van der Waals surface area contributed by atoms with E-state index in [0.717, 1.165) is 31.6 Å². The van der Waals surface area contributed by atoms with Gasteiger partial charge in [0.15, 0.2) is 0 Å². The number of nitrogens with zero attached hydrogens (tertiary/aromatic N) is 1. The predicted octanol–water partition coefficient (Wildman–Crippen LogP) is 1.34. The summed E-state index contributed by atoms with van der Waals surface area (Å²) in [6.07, 6.45) is 2.67. The van der Waals surface area contributed by atoms with Gasteiger partial charge >= 0.3 is 0 Å². The van der Waals surface area contributed by atoms with Crippen molar-refractivity contribution in [3.63, 3.8) is 0 Å². The molecule has 0 aliphatic rings. The van der Waals surface area contributed by atoms with Gasteiger partial charge in [0, 0.05) is 5.38 Å². The maximum atomic E-state index is 11.7. The maximum absolute atomic E-state index is 11.7. The quantitative estimate of drug-likeness (QED) is 0.638. The van der Waals surface area contributed by atoms with Crippen LogP contribution in [0.3, 0.4) is 0 Å². The highest BCUT2D eigenvalue weighted by Crippen LogP contribution is 2.01. The Hall–Kier alpha value is -0.500. The SMILES string of the molecule is CCCNCCCCS(=O)(=O)NCc1cscn1. The van der Waals surface area contributed by atoms with Gasteiger partial charge in [0.2, 0.25) is 10.0 Å². The molecular formula is C11H21N3O2S2. The van der Waals surface area contributed by atoms with E-state index in [9.17, 15) is 8.42 Å². The number of hydrogen-bond donors (Lipinski definition) is 2. The minimum absolute atomic E-state index is 0.185. The average molecular weight is 291 g/mol. The van der Waals surface area contributed by atoms with Gasteiger partial charge in [-0.25, -0.2) is 18.1 Å². The molecule has 5 nitrogen and oxygen atoms in total. The smallest absolute Gasteiger partial charge is 0.211 e. The van der Waals surface area contributed by atoms with Crippen molar-refractivity contribution in [3.05, 3.63) is 16.6 Å². The zero-order valence-corrected chi connectivity index (χ0v) is 12.3. The van der Waals surface area contributed by atoms with Crippen molar-refractivity contribution in [1.29, 1.82) is 0 Å². The number of hydrogen-bond acceptors (Lipinski definition) is 5. The molecule has 1 aromatic rings. The van der Waals surface area contributed by atoms with Gasteiger partial charge in [-0.05, 0) is 32.4 Å². The summed E-state index contributed by atoms with van der Waals surface area (Å²) in [7, 11) is -3.16. The monoisotopic (exact) mass is 291 g/mol. The Bertz CT molecular complexity index is 404. The van der Waals surface area contributed by atoms with Crippen LogP contribution in [0.1, 0.15) is 31.9 Å². The maximum Gasteiger partial charge on any atom is 0.211 e. The normalized spacial score (nSPS) is 11.8. The van der Waals surface area contributed by atoms with Crippen LogP contribution >= 0.6 is 11.3 Å². The first-order valence-corrected chi connectivity index (χ1v) is 8.78. The van der Waals surface area contributed by atoms with Crippen molar-refractivity contribution < 1.29 is 8.42 Å². The third-order valence-electron chi connectivity index (χ3n) is 2.40. The van der Waals surface area contributed by atoms with Crippen molar-refractivity contribution in [3.8, 4) is 0 Å². The van der Waals surface area contributed by atoms with E-state index in [2.05, 4.69) is 21.9 Å². The van der Waals surface area contributed by atoms with Crippen LogP contribution in [-0.4, -0.2) is 32.2 Å². The van der Waals surface area contributed by atoms with E-state index in [0.29, 0.717) is 13.0 Å². The van der Waals surface area contributed by atoms with Gasteiger partial charge in [0.25, 0.3) is 0 Å². The molecule has 104 valence electrons. The third kappa shape index (κ3) is 7.05. The van der Waals surface area contributed by atoms with Crippen LogP contribution < -0.4 is 10.0 Å². The summed E-state index contributed by atoms with van der Waals surface area (Å²) in [6, 6.07) is 0. The molecule has 1 heterocycles. The van der Waals surface area contributed by atoms with Crippen LogP contribution in [0.15, 0.2) is 10.9 Å². The fourth-order valence-electron chi connectivity index (χ4n) is 1.42. The zero-order valence-electron chi connectivity index (χ0n) is 10.7. The number of aromatic nitrogens is 1. The Balaban J connectivity index is 2.12. The standard InChI is InChI=1S/C11H21N3O2S2/c1-2-5-12-6-3-4-7-18(15,16)14-8-11-9-17-10-13-11/h9-10,12,14H,2-8H2,1H3. The zero-order chi connectivity index (χ0) is 13.3. The van der Waals surface area contributed by atoms with Gasteiger partial charge in [-0.2, -0.15) is 0 Å². The molecule has 2 N–H and O–H groups in total. The number of nitrogens with one attached hydrogen (secondary N) is 2. The lowest BCUT2D eigenvalue weighted by molar-refractivity contribution is 0.572. The van der Waals surface area contributed by atoms with E-state index in [1.54, 1.807) is 5.51 Å². The molecule has 0 amide bonds. The minimum Gasteiger partial charge on any atom is -0.317 e. The summed E-state index contributed by atoms with van der Waals surface area (Å²) in [5.41, 5.74) is 2.47. The lowest BCUT2D eigenvalue weighted by Gasteiger charge is -2.06. The molecule has 0 saturated carbocycles. The third-order valence-corrected chi connectivity index (χ3v) is 4.45. The van der Waals surface area contributed by atoms with Crippen LogP contribution in [0.4, 0.5) is 0 Å². The molecule has 0 bridgehead atoms. The Morgan fingerprint density at radius 1 is 1.33 bits per heavy atom. The molecule has 0 atom stereocenters. The molecular weight excluding hydrogens is 270 g/mol. The molecule has 0 aliphatic carbocycles. The summed E-state index contributed by atoms with van der Waals surface area (Å²) >= 11 is 1.47. The van der Waals surface area contributed by atoms with E-state index < -0.39 is 10.0 Å². The van der Waals surface area contributed by atoms with Crippen molar-refractivity contribution in [2.45, 2.75) is 32.7 Å². The predicted molar refractivity (Wildman–Crippen MR) is 75.1 cm³/mol. The summed E-state index contributed by atoms with van der Waals surface area (Å²) in [5.74, 6) is 0.185. The molecule has 18 heavy (non-hydrogen) atoms. The van der Waals surface area contributed by atoms with E-state index in [-0.39, 0.29) is 5.75 Å². The lowest BCUT2D eigenvalue weighted by Crippen LogP contribution is -2.26. The first-order valence-electron chi connectivity index (χ1n) is 6.19. The fourth-order valence-corrected chi connectivity index (χ4v) is 3.08.